The van der Waals surface area contributed by atoms with Gasteiger partial charge >= 0.3 is 5.97 Å². The number of hydrogen-bond acceptors (Lipinski definition) is 6. The number of nitrogens with one attached hydrogen (secondary N) is 1. The molecule has 7 nitrogen and oxygen atoms in total. The number of aryl methyl sites for hydroxylation is 1. The fraction of sp³-hybridized carbons (Fsp3) is 0.182. The van der Waals surface area contributed by atoms with Crippen LogP contribution in [0, 0.1) is 6.92 Å². The Morgan fingerprint density at radius 3 is 2.83 bits per heavy atom. The Bertz CT molecular complexity index is 556. The summed E-state index contributed by atoms with van der Waals surface area (Å²) in [6.07, 6.45) is 4.69. The Hall–Kier alpha value is -2.57. The Labute approximate surface area is 103 Å². The molecule has 2 N–H and O–H groups in total. The minimum Gasteiger partial charge on any atom is -0.477 e. The third-order valence-corrected chi connectivity index (χ3v) is 2.14. The SMILES string of the molecule is Cc1cnc(CNc2nccc(C(=O)O)n2)cn1. The van der Waals surface area contributed by atoms with Crippen molar-refractivity contribution in [3.05, 3.63) is 41.7 Å². The number of hydrogen-bond donors (Lipinski definition) is 2. The second-order valence-electron chi connectivity index (χ2n) is 3.57. The van der Waals surface area contributed by atoms with E-state index in [9.17, 15) is 4.79 Å². The highest BCUT2D eigenvalue weighted by Gasteiger charge is 2.06. The van der Waals surface area contributed by atoms with Gasteiger partial charge in [-0.25, -0.2) is 14.8 Å². The van der Waals surface area contributed by atoms with Gasteiger partial charge in [-0.05, 0) is 13.0 Å². The fourth-order valence-corrected chi connectivity index (χ4v) is 1.24. The standard InChI is InChI=1S/C11H11N5O2/c1-7-4-14-8(5-13-7)6-15-11-12-3-2-9(16-11)10(17)18/h2-5H,6H2,1H3,(H,17,18)(H,12,15,16). The third kappa shape index (κ3) is 2.97. The van der Waals surface area contributed by atoms with Crippen molar-refractivity contribution in [2.75, 3.05) is 5.32 Å². The lowest BCUT2D eigenvalue weighted by molar-refractivity contribution is 0.0690. The van der Waals surface area contributed by atoms with E-state index >= 15 is 0 Å². The molecule has 18 heavy (non-hydrogen) atoms. The number of anilines is 1. The van der Waals surface area contributed by atoms with E-state index in [-0.39, 0.29) is 11.6 Å². The molecule has 0 spiro atoms. The van der Waals surface area contributed by atoms with Gasteiger partial charge in [0, 0.05) is 12.4 Å². The topological polar surface area (TPSA) is 101 Å². The Balaban J connectivity index is 2.04. The van der Waals surface area contributed by atoms with E-state index in [0.717, 1.165) is 11.4 Å². The van der Waals surface area contributed by atoms with Crippen molar-refractivity contribution in [1.82, 2.24) is 19.9 Å². The minimum atomic E-state index is -1.09. The Morgan fingerprint density at radius 1 is 1.33 bits per heavy atom. The summed E-state index contributed by atoms with van der Waals surface area (Å²) >= 11 is 0. The lowest BCUT2D eigenvalue weighted by atomic mass is 10.4. The molecular formula is C11H11N5O2. The molecule has 0 saturated heterocycles. The largest absolute Gasteiger partial charge is 0.477 e. The first-order valence-corrected chi connectivity index (χ1v) is 5.23. The van der Waals surface area contributed by atoms with E-state index in [1.807, 2.05) is 6.92 Å². The van der Waals surface area contributed by atoms with Gasteiger partial charge in [-0.15, -0.1) is 0 Å². The predicted octanol–water partition coefficient (Wildman–Crippen LogP) is 0.885. The van der Waals surface area contributed by atoms with E-state index in [4.69, 9.17) is 5.11 Å². The smallest absolute Gasteiger partial charge is 0.354 e. The second-order valence-corrected chi connectivity index (χ2v) is 3.57. The van der Waals surface area contributed by atoms with Crippen LogP contribution in [0.15, 0.2) is 24.7 Å². The molecule has 2 heterocycles. The summed E-state index contributed by atoms with van der Waals surface area (Å²) in [5.41, 5.74) is 1.51. The maximum atomic E-state index is 10.7. The van der Waals surface area contributed by atoms with Gasteiger partial charge in [0.1, 0.15) is 0 Å². The highest BCUT2D eigenvalue weighted by molar-refractivity contribution is 5.85. The molecule has 0 unspecified atom stereocenters. The van der Waals surface area contributed by atoms with E-state index in [1.54, 1.807) is 12.4 Å². The molecule has 0 saturated carbocycles. The molecule has 0 aromatic carbocycles. The van der Waals surface area contributed by atoms with Gasteiger partial charge in [0.05, 0.1) is 24.1 Å². The monoisotopic (exact) mass is 245 g/mol. The molecule has 2 rings (SSSR count). The summed E-state index contributed by atoms with van der Waals surface area (Å²) in [6, 6.07) is 1.33. The van der Waals surface area contributed by atoms with E-state index in [1.165, 1.54) is 12.3 Å². The molecule has 0 amide bonds. The van der Waals surface area contributed by atoms with Crippen molar-refractivity contribution in [2.45, 2.75) is 13.5 Å². The van der Waals surface area contributed by atoms with Crippen LogP contribution in [-0.4, -0.2) is 31.0 Å². The van der Waals surface area contributed by atoms with Gasteiger partial charge in [0.15, 0.2) is 5.69 Å². The molecule has 0 atom stereocenters. The van der Waals surface area contributed by atoms with Gasteiger partial charge in [-0.3, -0.25) is 9.97 Å². The quantitative estimate of drug-likeness (QED) is 0.824. The van der Waals surface area contributed by atoms with Crippen LogP contribution in [0.3, 0.4) is 0 Å². The predicted molar refractivity (Wildman–Crippen MR) is 63.1 cm³/mol. The molecule has 7 heteroatoms. The molecule has 2 aromatic heterocycles. The molecule has 92 valence electrons. The van der Waals surface area contributed by atoms with Crippen LogP contribution in [0.1, 0.15) is 21.9 Å². The zero-order valence-corrected chi connectivity index (χ0v) is 9.66. The van der Waals surface area contributed by atoms with Crippen LogP contribution in [0.2, 0.25) is 0 Å². The first-order chi connectivity index (χ1) is 8.65. The van der Waals surface area contributed by atoms with Crippen LogP contribution in [0.4, 0.5) is 5.95 Å². The molecule has 0 aliphatic rings. The van der Waals surface area contributed by atoms with Gasteiger partial charge in [0.25, 0.3) is 0 Å². The lowest BCUT2D eigenvalue weighted by Gasteiger charge is -2.04. The lowest BCUT2D eigenvalue weighted by Crippen LogP contribution is -2.08. The number of carbonyl (C=O) groups is 1. The molecule has 2 aromatic rings. The van der Waals surface area contributed by atoms with Crippen LogP contribution < -0.4 is 5.32 Å². The maximum Gasteiger partial charge on any atom is 0.354 e. The van der Waals surface area contributed by atoms with Crippen LogP contribution >= 0.6 is 0 Å². The first kappa shape index (κ1) is 11.9. The Morgan fingerprint density at radius 2 is 2.17 bits per heavy atom. The Kier molecular flexibility index (Phi) is 3.42. The summed E-state index contributed by atoms with van der Waals surface area (Å²) in [5, 5.41) is 11.7. The highest BCUT2D eigenvalue weighted by atomic mass is 16.4. The third-order valence-electron chi connectivity index (χ3n) is 2.14. The molecule has 0 bridgehead atoms. The van der Waals surface area contributed by atoms with Crippen LogP contribution in [0.5, 0.6) is 0 Å². The number of carboxylic acid groups (broad SMARTS) is 1. The minimum absolute atomic E-state index is 0.0532. The zero-order chi connectivity index (χ0) is 13.0. The number of aromatic nitrogens is 4. The fourth-order valence-electron chi connectivity index (χ4n) is 1.24. The number of rotatable bonds is 4. The van der Waals surface area contributed by atoms with E-state index in [0.29, 0.717) is 6.54 Å². The van der Waals surface area contributed by atoms with Crippen LogP contribution in [0.25, 0.3) is 0 Å². The van der Waals surface area contributed by atoms with Crippen molar-refractivity contribution >= 4 is 11.9 Å². The van der Waals surface area contributed by atoms with Crippen molar-refractivity contribution < 1.29 is 9.90 Å². The van der Waals surface area contributed by atoms with Crippen LogP contribution in [-0.2, 0) is 6.54 Å². The second kappa shape index (κ2) is 5.17. The molecule has 0 aliphatic carbocycles. The zero-order valence-electron chi connectivity index (χ0n) is 9.66. The van der Waals surface area contributed by atoms with Gasteiger partial charge in [0.2, 0.25) is 5.95 Å². The average Bonchev–Trinajstić information content (AvgIpc) is 2.38. The van der Waals surface area contributed by atoms with Crippen molar-refractivity contribution in [3.8, 4) is 0 Å². The van der Waals surface area contributed by atoms with E-state index < -0.39 is 5.97 Å². The number of aromatic carboxylic acids is 1. The molecule has 0 aliphatic heterocycles. The van der Waals surface area contributed by atoms with E-state index in [2.05, 4.69) is 25.3 Å². The summed E-state index contributed by atoms with van der Waals surface area (Å²) in [4.78, 5) is 26.7. The maximum absolute atomic E-state index is 10.7. The summed E-state index contributed by atoms with van der Waals surface area (Å²) in [5.74, 6) is -0.840. The molecular weight excluding hydrogens is 234 g/mol. The average molecular weight is 245 g/mol. The number of nitrogens with zero attached hydrogens (tertiary/aromatic N) is 4. The first-order valence-electron chi connectivity index (χ1n) is 5.23. The molecule has 0 radical (unpaired) electrons. The van der Waals surface area contributed by atoms with Crippen molar-refractivity contribution in [2.24, 2.45) is 0 Å². The normalized spacial score (nSPS) is 10.1. The highest BCUT2D eigenvalue weighted by Crippen LogP contribution is 2.02. The molecule has 0 fully saturated rings. The van der Waals surface area contributed by atoms with Crippen molar-refractivity contribution in [3.63, 3.8) is 0 Å². The van der Waals surface area contributed by atoms with Crippen molar-refractivity contribution in [1.29, 1.82) is 0 Å². The summed E-state index contributed by atoms with van der Waals surface area (Å²) < 4.78 is 0. The summed E-state index contributed by atoms with van der Waals surface area (Å²) in [7, 11) is 0. The van der Waals surface area contributed by atoms with Gasteiger partial charge in [-0.1, -0.05) is 0 Å². The van der Waals surface area contributed by atoms with Gasteiger partial charge < -0.3 is 10.4 Å². The summed E-state index contributed by atoms with van der Waals surface area (Å²) in [6.45, 7) is 2.24. The van der Waals surface area contributed by atoms with Gasteiger partial charge in [-0.2, -0.15) is 0 Å². The number of carboxylic acids is 1.